The van der Waals surface area contributed by atoms with Crippen molar-refractivity contribution in [2.24, 2.45) is 0 Å². The molecule has 0 amide bonds. The highest BCUT2D eigenvalue weighted by Crippen LogP contribution is 2.25. The van der Waals surface area contributed by atoms with Gasteiger partial charge in [-0.2, -0.15) is 0 Å². The number of rotatable bonds is 4. The third-order valence-corrected chi connectivity index (χ3v) is 4.99. The number of thioether (sulfide) groups is 1. The van der Waals surface area contributed by atoms with Gasteiger partial charge in [0.1, 0.15) is 17.1 Å². The normalized spacial score (nSPS) is 11.0. The van der Waals surface area contributed by atoms with E-state index in [2.05, 4.69) is 4.98 Å². The second kappa shape index (κ2) is 7.56. The van der Waals surface area contributed by atoms with Crippen LogP contribution in [0.15, 0.2) is 69.1 Å². The Balaban J connectivity index is 1.71. The van der Waals surface area contributed by atoms with Gasteiger partial charge in [-0.05, 0) is 55.1 Å². The van der Waals surface area contributed by atoms with E-state index >= 15 is 0 Å². The predicted molar refractivity (Wildman–Crippen MR) is 107 cm³/mol. The highest BCUT2D eigenvalue weighted by Gasteiger charge is 2.20. The Hall–Kier alpha value is -3.39. The Bertz CT molecular complexity index is 1280. The Kier molecular flexibility index (Phi) is 4.94. The molecular formula is C21H15FN2O4S. The lowest BCUT2D eigenvalue weighted by Crippen LogP contribution is -2.14. The molecule has 0 atom stereocenters. The summed E-state index contributed by atoms with van der Waals surface area (Å²) in [5.41, 5.74) is 1.40. The SMILES string of the molecule is CSc1ncc(C(=O)Oc2ccc3c(C)cc(=O)oc3c2)n1-c1ccc(F)cc1. The van der Waals surface area contributed by atoms with E-state index in [0.717, 1.165) is 10.9 Å². The van der Waals surface area contributed by atoms with Gasteiger partial charge in [0.25, 0.3) is 0 Å². The smallest absolute Gasteiger partial charge is 0.362 e. The minimum atomic E-state index is -0.642. The number of nitrogens with zero attached hydrogens (tertiary/aromatic N) is 2. The summed E-state index contributed by atoms with van der Waals surface area (Å²) in [4.78, 5) is 28.7. The molecule has 6 nitrogen and oxygen atoms in total. The first-order valence-electron chi connectivity index (χ1n) is 8.60. The van der Waals surface area contributed by atoms with E-state index in [9.17, 15) is 14.0 Å². The van der Waals surface area contributed by atoms with E-state index in [4.69, 9.17) is 9.15 Å². The lowest BCUT2D eigenvalue weighted by atomic mass is 10.1. The van der Waals surface area contributed by atoms with Crippen molar-refractivity contribution in [2.75, 3.05) is 6.26 Å². The monoisotopic (exact) mass is 410 g/mol. The van der Waals surface area contributed by atoms with Crippen molar-refractivity contribution in [3.05, 3.63) is 82.2 Å². The number of hydrogen-bond acceptors (Lipinski definition) is 6. The average Bonchev–Trinajstić information content (AvgIpc) is 3.12. The van der Waals surface area contributed by atoms with Crippen LogP contribution >= 0.6 is 11.8 Å². The zero-order valence-electron chi connectivity index (χ0n) is 15.5. The third kappa shape index (κ3) is 3.66. The Morgan fingerprint density at radius 1 is 1.17 bits per heavy atom. The van der Waals surface area contributed by atoms with Crippen LogP contribution in [-0.2, 0) is 0 Å². The van der Waals surface area contributed by atoms with Gasteiger partial charge in [0.05, 0.1) is 6.20 Å². The van der Waals surface area contributed by atoms with Gasteiger partial charge in [0, 0.05) is 23.2 Å². The fraction of sp³-hybridized carbons (Fsp3) is 0.0952. The van der Waals surface area contributed by atoms with Crippen molar-refractivity contribution in [2.45, 2.75) is 12.1 Å². The van der Waals surface area contributed by atoms with Crippen LogP contribution in [0.5, 0.6) is 5.75 Å². The molecule has 0 N–H and O–H groups in total. The number of esters is 1. The molecule has 4 aromatic rings. The Morgan fingerprint density at radius 2 is 1.93 bits per heavy atom. The van der Waals surface area contributed by atoms with Crippen molar-refractivity contribution in [3.63, 3.8) is 0 Å². The maximum absolute atomic E-state index is 13.3. The van der Waals surface area contributed by atoms with Crippen molar-refractivity contribution < 1.29 is 18.3 Å². The summed E-state index contributed by atoms with van der Waals surface area (Å²) >= 11 is 1.34. The zero-order chi connectivity index (χ0) is 20.5. The van der Waals surface area contributed by atoms with Crippen molar-refractivity contribution in [1.29, 1.82) is 0 Å². The highest BCUT2D eigenvalue weighted by atomic mass is 32.2. The Morgan fingerprint density at radius 3 is 2.66 bits per heavy atom. The number of benzene rings is 2. The minimum Gasteiger partial charge on any atom is -0.423 e. The zero-order valence-corrected chi connectivity index (χ0v) is 16.3. The molecule has 0 aliphatic rings. The van der Waals surface area contributed by atoms with E-state index in [-0.39, 0.29) is 17.3 Å². The lowest BCUT2D eigenvalue weighted by molar-refractivity contribution is 0.0726. The summed E-state index contributed by atoms with van der Waals surface area (Å²) in [6.45, 7) is 1.80. The molecule has 0 unspecified atom stereocenters. The van der Waals surface area contributed by atoms with E-state index in [1.165, 1.54) is 42.2 Å². The van der Waals surface area contributed by atoms with Crippen molar-refractivity contribution >= 4 is 28.7 Å². The molecule has 0 fully saturated rings. The lowest BCUT2D eigenvalue weighted by Gasteiger charge is -2.11. The van der Waals surface area contributed by atoms with Crippen molar-refractivity contribution in [1.82, 2.24) is 9.55 Å². The van der Waals surface area contributed by atoms with Crippen LogP contribution in [0.2, 0.25) is 0 Å². The van der Waals surface area contributed by atoms with E-state index in [0.29, 0.717) is 16.4 Å². The average molecular weight is 410 g/mol. The van der Waals surface area contributed by atoms with Gasteiger partial charge in [0.2, 0.25) is 0 Å². The third-order valence-electron chi connectivity index (χ3n) is 4.34. The topological polar surface area (TPSA) is 74.3 Å². The standard InChI is InChI=1S/C21H15FN2O4S/c1-12-9-19(25)28-18-10-15(7-8-16(12)18)27-20(26)17-11-23-21(29-2)24(17)14-5-3-13(22)4-6-14/h3-11H,1-2H3. The van der Waals surface area contributed by atoms with Gasteiger partial charge in [-0.3, -0.25) is 4.57 Å². The summed E-state index contributed by atoms with van der Waals surface area (Å²) in [7, 11) is 0. The van der Waals surface area contributed by atoms with Gasteiger partial charge in [0.15, 0.2) is 10.9 Å². The van der Waals surface area contributed by atoms with Crippen LogP contribution in [-0.4, -0.2) is 21.8 Å². The first-order chi connectivity index (χ1) is 14.0. The Labute approximate surface area is 168 Å². The largest absolute Gasteiger partial charge is 0.423 e. The van der Waals surface area contributed by atoms with Gasteiger partial charge < -0.3 is 9.15 Å². The number of hydrogen-bond donors (Lipinski definition) is 0. The van der Waals surface area contributed by atoms with Crippen LogP contribution < -0.4 is 10.4 Å². The number of imidazole rings is 1. The molecule has 0 radical (unpaired) electrons. The molecule has 0 spiro atoms. The maximum Gasteiger partial charge on any atom is 0.362 e. The number of fused-ring (bicyclic) bond motifs is 1. The molecule has 29 heavy (non-hydrogen) atoms. The second-order valence-electron chi connectivity index (χ2n) is 6.24. The highest BCUT2D eigenvalue weighted by molar-refractivity contribution is 7.98. The summed E-state index contributed by atoms with van der Waals surface area (Å²) < 4.78 is 25.6. The van der Waals surface area contributed by atoms with E-state index in [1.54, 1.807) is 35.8 Å². The second-order valence-corrected chi connectivity index (χ2v) is 7.01. The van der Waals surface area contributed by atoms with Crippen LogP contribution in [0.4, 0.5) is 4.39 Å². The maximum atomic E-state index is 13.3. The molecule has 8 heteroatoms. The summed E-state index contributed by atoms with van der Waals surface area (Å²) in [5, 5.41) is 1.31. The molecule has 0 aliphatic heterocycles. The molecule has 2 heterocycles. The molecular weight excluding hydrogens is 395 g/mol. The first-order valence-corrected chi connectivity index (χ1v) is 9.83. The molecule has 146 valence electrons. The number of aromatic nitrogens is 2. The van der Waals surface area contributed by atoms with Gasteiger partial charge in [-0.15, -0.1) is 0 Å². The number of carbonyl (C=O) groups excluding carboxylic acids is 1. The van der Waals surface area contributed by atoms with Crippen LogP contribution in [0.1, 0.15) is 16.1 Å². The number of carbonyl (C=O) groups is 1. The minimum absolute atomic E-state index is 0.187. The molecule has 2 aromatic carbocycles. The van der Waals surface area contributed by atoms with E-state index < -0.39 is 11.6 Å². The number of ether oxygens (including phenoxy) is 1. The molecule has 0 saturated carbocycles. The summed E-state index contributed by atoms with van der Waals surface area (Å²) in [6.07, 6.45) is 3.23. The molecule has 0 saturated heterocycles. The van der Waals surface area contributed by atoms with Gasteiger partial charge in [-0.25, -0.2) is 19.0 Å². The van der Waals surface area contributed by atoms with Crippen LogP contribution in [0.3, 0.4) is 0 Å². The summed E-state index contributed by atoms with van der Waals surface area (Å²) in [6, 6.07) is 12.0. The molecule has 2 aromatic heterocycles. The van der Waals surface area contributed by atoms with Crippen LogP contribution in [0.25, 0.3) is 16.7 Å². The van der Waals surface area contributed by atoms with Crippen LogP contribution in [0, 0.1) is 12.7 Å². The van der Waals surface area contributed by atoms with Crippen molar-refractivity contribution in [3.8, 4) is 11.4 Å². The fourth-order valence-electron chi connectivity index (χ4n) is 2.99. The predicted octanol–water partition coefficient (Wildman–Crippen LogP) is 4.37. The molecule has 0 aliphatic carbocycles. The van der Waals surface area contributed by atoms with Gasteiger partial charge in [-0.1, -0.05) is 11.8 Å². The quantitative estimate of drug-likeness (QED) is 0.215. The number of aryl methyl sites for hydroxylation is 1. The molecule has 0 bridgehead atoms. The molecule has 4 rings (SSSR count). The first kappa shape index (κ1) is 18.9. The summed E-state index contributed by atoms with van der Waals surface area (Å²) in [5.74, 6) is -0.790. The fourth-order valence-corrected chi connectivity index (χ4v) is 3.54. The van der Waals surface area contributed by atoms with E-state index in [1.807, 2.05) is 6.26 Å². The van der Waals surface area contributed by atoms with Gasteiger partial charge >= 0.3 is 11.6 Å². The number of halogens is 1.